The molecule has 0 saturated carbocycles. The van der Waals surface area contributed by atoms with Gasteiger partial charge in [-0.2, -0.15) is 13.2 Å². The Kier molecular flexibility index (Phi) is 5.47. The molecule has 162 valence electrons. The summed E-state index contributed by atoms with van der Waals surface area (Å²) in [5.41, 5.74) is -0.0837. The zero-order valence-electron chi connectivity index (χ0n) is 16.3. The summed E-state index contributed by atoms with van der Waals surface area (Å²) >= 11 is 0. The lowest BCUT2D eigenvalue weighted by Gasteiger charge is -2.20. The Morgan fingerprint density at radius 1 is 0.935 bits per heavy atom. The summed E-state index contributed by atoms with van der Waals surface area (Å²) in [6.45, 7) is 0.771. The molecule has 1 aromatic heterocycles. The van der Waals surface area contributed by atoms with Crippen molar-refractivity contribution in [3.05, 3.63) is 82.3 Å². The maximum absolute atomic E-state index is 15.5. The van der Waals surface area contributed by atoms with Gasteiger partial charge in [0.2, 0.25) is 0 Å². The summed E-state index contributed by atoms with van der Waals surface area (Å²) in [6.07, 6.45) is -4.15. The molecule has 0 saturated heterocycles. The van der Waals surface area contributed by atoms with Crippen molar-refractivity contribution in [2.24, 2.45) is 0 Å². The van der Waals surface area contributed by atoms with Crippen molar-refractivity contribution in [1.29, 1.82) is 0 Å². The van der Waals surface area contributed by atoms with E-state index in [2.05, 4.69) is 10.2 Å². The first-order valence-corrected chi connectivity index (χ1v) is 9.51. The molecule has 1 aliphatic heterocycles. The van der Waals surface area contributed by atoms with Crippen molar-refractivity contribution < 1.29 is 26.3 Å². The topological polar surface area (TPSA) is 29.0 Å². The van der Waals surface area contributed by atoms with Gasteiger partial charge in [0, 0.05) is 29.7 Å². The van der Waals surface area contributed by atoms with Gasteiger partial charge < -0.3 is 4.90 Å². The third-order valence-electron chi connectivity index (χ3n) is 5.45. The van der Waals surface area contributed by atoms with Crippen LogP contribution in [-0.2, 0) is 12.7 Å². The molecular formula is C22H17F6N3. The van der Waals surface area contributed by atoms with Gasteiger partial charge in [-0.15, -0.1) is 10.2 Å². The first-order valence-electron chi connectivity index (χ1n) is 9.51. The Bertz CT molecular complexity index is 1110. The van der Waals surface area contributed by atoms with E-state index in [4.69, 9.17) is 0 Å². The van der Waals surface area contributed by atoms with Crippen LogP contribution in [0.1, 0.15) is 34.7 Å². The Morgan fingerprint density at radius 3 is 2.32 bits per heavy atom. The zero-order valence-corrected chi connectivity index (χ0v) is 16.3. The maximum atomic E-state index is 15.5. The van der Waals surface area contributed by atoms with Crippen LogP contribution in [-0.4, -0.2) is 28.7 Å². The van der Waals surface area contributed by atoms with Gasteiger partial charge in [-0.1, -0.05) is 12.1 Å². The summed E-state index contributed by atoms with van der Waals surface area (Å²) in [7, 11) is 1.79. The Morgan fingerprint density at radius 2 is 1.68 bits per heavy atom. The fourth-order valence-electron chi connectivity index (χ4n) is 3.91. The molecule has 1 aliphatic rings. The number of nitrogens with zero attached hydrogens (tertiary/aromatic N) is 3. The largest absolute Gasteiger partial charge is 0.435 e. The van der Waals surface area contributed by atoms with E-state index < -0.39 is 35.2 Å². The third-order valence-corrected chi connectivity index (χ3v) is 5.45. The molecule has 31 heavy (non-hydrogen) atoms. The van der Waals surface area contributed by atoms with Gasteiger partial charge in [0.15, 0.2) is 5.69 Å². The summed E-state index contributed by atoms with van der Waals surface area (Å²) < 4.78 is 81.6. The molecule has 2 aromatic carbocycles. The second kappa shape index (κ2) is 7.96. The molecular weight excluding hydrogens is 420 g/mol. The van der Waals surface area contributed by atoms with Gasteiger partial charge >= 0.3 is 6.18 Å². The molecule has 0 aliphatic carbocycles. The van der Waals surface area contributed by atoms with Gasteiger partial charge in [0.05, 0.1) is 5.69 Å². The predicted octanol–water partition coefficient (Wildman–Crippen LogP) is 5.55. The molecule has 0 amide bonds. The van der Waals surface area contributed by atoms with Crippen LogP contribution >= 0.6 is 0 Å². The van der Waals surface area contributed by atoms with E-state index in [0.717, 1.165) is 24.3 Å². The number of rotatable bonds is 2. The SMILES string of the molecule is CN1CCC(c2ccc(F)cc2F)c2ccc(-c3ccc(C(F)(F)F)nn3)c(F)c2C1. The number of alkyl halides is 3. The van der Waals surface area contributed by atoms with E-state index in [-0.39, 0.29) is 23.4 Å². The minimum Gasteiger partial charge on any atom is -0.302 e. The fraction of sp³-hybridized carbons (Fsp3) is 0.273. The van der Waals surface area contributed by atoms with E-state index in [0.29, 0.717) is 24.1 Å². The lowest BCUT2D eigenvalue weighted by molar-refractivity contribution is -0.141. The molecule has 4 rings (SSSR count). The fourth-order valence-corrected chi connectivity index (χ4v) is 3.91. The molecule has 0 radical (unpaired) electrons. The van der Waals surface area contributed by atoms with E-state index in [1.807, 2.05) is 4.90 Å². The van der Waals surface area contributed by atoms with Crippen LogP contribution in [0.3, 0.4) is 0 Å². The lowest BCUT2D eigenvalue weighted by atomic mass is 9.85. The van der Waals surface area contributed by atoms with Crippen LogP contribution in [0.15, 0.2) is 42.5 Å². The number of halogens is 6. The summed E-state index contributed by atoms with van der Waals surface area (Å²) in [4.78, 5) is 1.87. The van der Waals surface area contributed by atoms with Crippen molar-refractivity contribution in [2.45, 2.75) is 25.1 Å². The van der Waals surface area contributed by atoms with E-state index in [1.165, 1.54) is 12.1 Å². The molecule has 3 nitrogen and oxygen atoms in total. The molecule has 0 spiro atoms. The average molecular weight is 437 g/mol. The standard InChI is InChI=1S/C22H17F6N3/c1-31-9-8-14(15-3-2-12(23)10-18(15)24)13-4-5-16(21(25)17(13)11-31)19-6-7-20(30-29-19)22(26,27)28/h2-7,10,14H,8-9,11H2,1H3. The number of hydrogen-bond acceptors (Lipinski definition) is 3. The Balaban J connectivity index is 1.80. The van der Waals surface area contributed by atoms with Crippen LogP contribution < -0.4 is 0 Å². The van der Waals surface area contributed by atoms with Gasteiger partial charge in [-0.3, -0.25) is 0 Å². The van der Waals surface area contributed by atoms with Gasteiger partial charge in [0.25, 0.3) is 0 Å². The Labute approximate surface area is 174 Å². The molecule has 1 atom stereocenters. The van der Waals surface area contributed by atoms with Crippen molar-refractivity contribution >= 4 is 0 Å². The molecule has 2 heterocycles. The van der Waals surface area contributed by atoms with E-state index in [1.54, 1.807) is 13.1 Å². The number of hydrogen-bond donors (Lipinski definition) is 0. The van der Waals surface area contributed by atoms with Crippen molar-refractivity contribution in [2.75, 3.05) is 13.6 Å². The van der Waals surface area contributed by atoms with Gasteiger partial charge in [-0.25, -0.2) is 13.2 Å². The first-order chi connectivity index (χ1) is 14.6. The second-order valence-electron chi connectivity index (χ2n) is 7.54. The molecule has 0 fully saturated rings. The molecule has 0 N–H and O–H groups in total. The van der Waals surface area contributed by atoms with Crippen molar-refractivity contribution in [1.82, 2.24) is 15.1 Å². The zero-order chi connectivity index (χ0) is 22.3. The second-order valence-corrected chi connectivity index (χ2v) is 7.54. The number of fused-ring (bicyclic) bond motifs is 1. The van der Waals surface area contributed by atoms with Crippen LogP contribution in [0.4, 0.5) is 26.3 Å². The van der Waals surface area contributed by atoms with Crippen molar-refractivity contribution in [3.8, 4) is 11.3 Å². The highest BCUT2D eigenvalue weighted by Gasteiger charge is 2.33. The molecule has 0 bridgehead atoms. The van der Waals surface area contributed by atoms with Crippen LogP contribution in [0.2, 0.25) is 0 Å². The maximum Gasteiger partial charge on any atom is 0.435 e. The highest BCUT2D eigenvalue weighted by atomic mass is 19.4. The number of aromatic nitrogens is 2. The van der Waals surface area contributed by atoms with Crippen LogP contribution in [0, 0.1) is 17.5 Å². The molecule has 9 heteroatoms. The summed E-state index contributed by atoms with van der Waals surface area (Å²) in [5, 5.41) is 6.70. The predicted molar refractivity (Wildman–Crippen MR) is 102 cm³/mol. The quantitative estimate of drug-likeness (QED) is 0.493. The highest BCUT2D eigenvalue weighted by molar-refractivity contribution is 5.62. The number of benzene rings is 2. The highest BCUT2D eigenvalue weighted by Crippen LogP contribution is 2.39. The average Bonchev–Trinajstić information content (AvgIpc) is 2.87. The normalized spacial score (nSPS) is 17.3. The smallest absolute Gasteiger partial charge is 0.302 e. The molecule has 3 aromatic rings. The van der Waals surface area contributed by atoms with E-state index in [9.17, 15) is 22.0 Å². The van der Waals surface area contributed by atoms with Crippen LogP contribution in [0.5, 0.6) is 0 Å². The summed E-state index contributed by atoms with van der Waals surface area (Å²) in [6, 6.07) is 8.16. The minimum absolute atomic E-state index is 0.00797. The lowest BCUT2D eigenvalue weighted by Crippen LogP contribution is -2.18. The Hall–Kier alpha value is -2.94. The summed E-state index contributed by atoms with van der Waals surface area (Å²) in [5.74, 6) is -2.55. The molecule has 1 unspecified atom stereocenters. The van der Waals surface area contributed by atoms with Gasteiger partial charge in [-0.05, 0) is 55.4 Å². The minimum atomic E-state index is -4.65. The first kappa shape index (κ1) is 21.3. The third kappa shape index (κ3) is 4.14. The van der Waals surface area contributed by atoms with Crippen molar-refractivity contribution in [3.63, 3.8) is 0 Å². The van der Waals surface area contributed by atoms with Gasteiger partial charge in [0.1, 0.15) is 17.5 Å². The monoisotopic (exact) mass is 437 g/mol. The van der Waals surface area contributed by atoms with E-state index >= 15 is 4.39 Å². The van der Waals surface area contributed by atoms with Crippen LogP contribution in [0.25, 0.3) is 11.3 Å².